The molecule has 0 saturated carbocycles. The minimum Gasteiger partial charge on any atom is -0.508 e. The molecule has 19 heteroatoms. The second-order valence-electron chi connectivity index (χ2n) is 11.0. The second-order valence-corrected chi connectivity index (χ2v) is 11.0. The summed E-state index contributed by atoms with van der Waals surface area (Å²) >= 11 is 0. The van der Waals surface area contributed by atoms with Crippen LogP contribution in [-0.2, 0) is 32.0 Å². The van der Waals surface area contributed by atoms with Crippen molar-refractivity contribution in [2.45, 2.75) is 62.4 Å². The van der Waals surface area contributed by atoms with Gasteiger partial charge in [0.05, 0.1) is 12.1 Å². The van der Waals surface area contributed by atoms with Gasteiger partial charge in [-0.05, 0) is 65.9 Å². The summed E-state index contributed by atoms with van der Waals surface area (Å²) in [5.41, 5.74) is 24.8. The van der Waals surface area contributed by atoms with Gasteiger partial charge in [0, 0.05) is 38.9 Å². The highest BCUT2D eigenvalue weighted by Gasteiger charge is 2.32. The number of benzene rings is 2. The summed E-state index contributed by atoms with van der Waals surface area (Å²) in [5, 5.41) is 41.9. The molecule has 0 aliphatic carbocycles. The highest BCUT2D eigenvalue weighted by Crippen LogP contribution is 2.31. The van der Waals surface area contributed by atoms with Gasteiger partial charge in [-0.3, -0.25) is 19.2 Å². The normalized spacial score (nSPS) is 18.4. The first-order chi connectivity index (χ1) is 21.5. The van der Waals surface area contributed by atoms with E-state index in [4.69, 9.17) is 22.9 Å². The van der Waals surface area contributed by atoms with Crippen molar-refractivity contribution in [1.82, 2.24) is 21.3 Å². The molecule has 0 radical (unpaired) electrons. The Morgan fingerprint density at radius 3 is 1.96 bits per heavy atom. The molecule has 0 fully saturated rings. The number of fused-ring (bicyclic) bond motifs is 5. The average Bonchev–Trinajstić information content (AvgIpc) is 3.02. The molecular weight excluding hydrogens is 726 g/mol. The van der Waals surface area contributed by atoms with E-state index in [1.807, 2.05) is 0 Å². The van der Waals surface area contributed by atoms with Crippen LogP contribution in [0.2, 0.25) is 0 Å². The Bertz CT molecular complexity index is 1380. The van der Waals surface area contributed by atoms with Crippen molar-refractivity contribution in [1.29, 1.82) is 0 Å². The standard InChI is InChI=1S/C30H44N8O7.4ClH/c31-7-1-2-22(28(43)35-9-8-32)36-29(44)23-13-19-11-17(4-6-26(19)41)16-3-5-25(40)18(10-16)12-21(34)27(42)37-24(30(45)38-23)14-20(39)15-33;;;;/h3-6,10-11,20-24,39-41H,1-2,7-9,12-15,31-34H2,(H,35,43)(H,36,44)(H,37,42)(H,38,45);4*1H/t20-,21+,22+,23+,24+;;;;/m1..../s1. The SMILES string of the molecule is Cl.Cl.Cl.Cl.NCCC[C@H](NC(=O)[C@@H]1Cc2cc(ccc2O)-c2ccc(O)c(c2)C[C@H](N)C(=O)N[C@@H](C[C@@H](O)CN)C(=O)N1)C(=O)NCCN. The summed E-state index contributed by atoms with van der Waals surface area (Å²) in [7, 11) is 0. The Labute approximate surface area is 309 Å². The molecule has 5 atom stereocenters. The van der Waals surface area contributed by atoms with Crippen LogP contribution in [0.3, 0.4) is 0 Å². The number of carbonyl (C=O) groups is 4. The van der Waals surface area contributed by atoms with E-state index >= 15 is 0 Å². The first kappa shape index (κ1) is 48.0. The number of aromatic hydroxyl groups is 2. The molecule has 1 heterocycles. The van der Waals surface area contributed by atoms with E-state index in [1.165, 1.54) is 12.1 Å². The van der Waals surface area contributed by atoms with Crippen molar-refractivity contribution in [2.75, 3.05) is 26.2 Å². The minimum atomic E-state index is -1.36. The Kier molecular flexibility index (Phi) is 22.8. The Balaban J connectivity index is 0. The first-order valence-electron chi connectivity index (χ1n) is 14.8. The lowest BCUT2D eigenvalue weighted by molar-refractivity contribution is -0.134. The van der Waals surface area contributed by atoms with Gasteiger partial charge in [-0.1, -0.05) is 12.1 Å². The zero-order valence-corrected chi connectivity index (χ0v) is 29.9. The van der Waals surface area contributed by atoms with Gasteiger partial charge in [-0.25, -0.2) is 0 Å². The molecule has 15 nitrogen and oxygen atoms in total. The number of amides is 4. The minimum absolute atomic E-state index is 0. The summed E-state index contributed by atoms with van der Waals surface area (Å²) in [5.74, 6) is -3.03. The third-order valence-corrected chi connectivity index (χ3v) is 7.51. The summed E-state index contributed by atoms with van der Waals surface area (Å²) in [6.07, 6.45) is -1.14. The van der Waals surface area contributed by atoms with E-state index in [-0.39, 0.29) is 113 Å². The van der Waals surface area contributed by atoms with Crippen LogP contribution in [0, 0.1) is 0 Å². The Morgan fingerprint density at radius 1 is 0.857 bits per heavy atom. The van der Waals surface area contributed by atoms with Crippen LogP contribution in [0.15, 0.2) is 36.4 Å². The molecule has 1 aliphatic rings. The van der Waals surface area contributed by atoms with Gasteiger partial charge >= 0.3 is 0 Å². The van der Waals surface area contributed by atoms with Crippen LogP contribution in [-0.4, -0.2) is 95.4 Å². The molecule has 0 spiro atoms. The van der Waals surface area contributed by atoms with Gasteiger partial charge in [0.2, 0.25) is 23.6 Å². The van der Waals surface area contributed by atoms with E-state index in [0.29, 0.717) is 28.7 Å². The highest BCUT2D eigenvalue weighted by atomic mass is 35.5. The second kappa shape index (κ2) is 23.3. The monoisotopic (exact) mass is 772 g/mol. The lowest BCUT2D eigenvalue weighted by Gasteiger charge is -2.27. The van der Waals surface area contributed by atoms with E-state index in [1.54, 1.807) is 24.3 Å². The maximum Gasteiger partial charge on any atom is 0.243 e. The molecular formula is C30H48Cl4N8O7. The molecule has 2 aromatic rings. The topological polar surface area (TPSA) is 281 Å². The van der Waals surface area contributed by atoms with Crippen LogP contribution in [0.5, 0.6) is 11.5 Å². The fourth-order valence-electron chi connectivity index (χ4n) is 4.95. The lowest BCUT2D eigenvalue weighted by atomic mass is 9.95. The van der Waals surface area contributed by atoms with Crippen molar-refractivity contribution in [3.05, 3.63) is 47.5 Å². The highest BCUT2D eigenvalue weighted by molar-refractivity contribution is 5.95. The van der Waals surface area contributed by atoms with Gasteiger partial charge in [0.25, 0.3) is 0 Å². The molecule has 278 valence electrons. The van der Waals surface area contributed by atoms with Gasteiger partial charge < -0.3 is 59.5 Å². The number of aliphatic hydroxyl groups is 1. The molecule has 3 rings (SSSR count). The first-order valence-corrected chi connectivity index (χ1v) is 14.8. The van der Waals surface area contributed by atoms with E-state index in [9.17, 15) is 34.5 Å². The van der Waals surface area contributed by atoms with Gasteiger partial charge in [-0.15, -0.1) is 49.6 Å². The number of nitrogens with two attached hydrogens (primary N) is 4. The number of carbonyl (C=O) groups excluding carboxylic acids is 4. The molecule has 4 bridgehead atoms. The van der Waals surface area contributed by atoms with E-state index < -0.39 is 53.9 Å². The Hall–Kier alpha value is -3.12. The summed E-state index contributed by atoms with van der Waals surface area (Å²) in [6.45, 7) is 0.424. The van der Waals surface area contributed by atoms with Gasteiger partial charge in [-0.2, -0.15) is 0 Å². The fourth-order valence-corrected chi connectivity index (χ4v) is 4.95. The Morgan fingerprint density at radius 2 is 1.43 bits per heavy atom. The van der Waals surface area contributed by atoms with E-state index in [2.05, 4.69) is 21.3 Å². The number of nitrogens with one attached hydrogen (secondary N) is 4. The number of rotatable bonds is 11. The number of phenolic OH excluding ortho intramolecular Hbond substituents is 2. The van der Waals surface area contributed by atoms with Crippen molar-refractivity contribution in [3.63, 3.8) is 0 Å². The van der Waals surface area contributed by atoms with Gasteiger partial charge in [0.15, 0.2) is 0 Å². The number of hydrogen-bond acceptors (Lipinski definition) is 11. The summed E-state index contributed by atoms with van der Waals surface area (Å²) in [4.78, 5) is 53.3. The van der Waals surface area contributed by atoms with Gasteiger partial charge in [0.1, 0.15) is 29.6 Å². The van der Waals surface area contributed by atoms with Crippen LogP contribution in [0.4, 0.5) is 0 Å². The maximum absolute atomic E-state index is 13.7. The molecule has 1 aliphatic heterocycles. The van der Waals surface area contributed by atoms with Crippen molar-refractivity contribution in [3.8, 4) is 22.6 Å². The van der Waals surface area contributed by atoms with Crippen molar-refractivity contribution < 1.29 is 34.5 Å². The molecule has 49 heavy (non-hydrogen) atoms. The molecule has 4 amide bonds. The zero-order chi connectivity index (χ0) is 33.1. The summed E-state index contributed by atoms with van der Waals surface area (Å²) in [6, 6.07) is 4.59. The van der Waals surface area contributed by atoms with Crippen LogP contribution in [0.25, 0.3) is 11.1 Å². The lowest BCUT2D eigenvalue weighted by Crippen LogP contribution is -2.59. The van der Waals surface area contributed by atoms with Crippen molar-refractivity contribution in [2.24, 2.45) is 22.9 Å². The number of aliphatic hydroxyl groups excluding tert-OH is 1. The molecule has 2 aromatic carbocycles. The van der Waals surface area contributed by atoms with Crippen LogP contribution < -0.4 is 44.2 Å². The van der Waals surface area contributed by atoms with Crippen LogP contribution in [0.1, 0.15) is 30.4 Å². The molecule has 0 unspecified atom stereocenters. The fraction of sp³-hybridized carbons (Fsp3) is 0.467. The predicted molar refractivity (Wildman–Crippen MR) is 195 cm³/mol. The molecule has 15 N–H and O–H groups in total. The molecule has 0 saturated heterocycles. The largest absolute Gasteiger partial charge is 0.508 e. The predicted octanol–water partition coefficient (Wildman–Crippen LogP) is -1.14. The quantitative estimate of drug-likeness (QED) is 0.130. The number of halogens is 4. The number of phenols is 2. The number of hydrogen-bond donors (Lipinski definition) is 11. The zero-order valence-electron chi connectivity index (χ0n) is 26.6. The smallest absolute Gasteiger partial charge is 0.243 e. The average molecular weight is 775 g/mol. The third-order valence-electron chi connectivity index (χ3n) is 7.51. The maximum atomic E-state index is 13.7. The van der Waals surface area contributed by atoms with Crippen LogP contribution >= 0.6 is 49.6 Å². The summed E-state index contributed by atoms with van der Waals surface area (Å²) < 4.78 is 0. The molecule has 0 aromatic heterocycles. The third kappa shape index (κ3) is 14.0. The van der Waals surface area contributed by atoms with Crippen molar-refractivity contribution >= 4 is 73.3 Å². The van der Waals surface area contributed by atoms with E-state index in [0.717, 1.165) is 0 Å².